The number of pyridine rings is 1. The third-order valence-electron chi connectivity index (χ3n) is 6.17. The van der Waals surface area contributed by atoms with E-state index < -0.39 is 32.7 Å². The Bertz CT molecular complexity index is 1780. The molecule has 0 aliphatic carbocycles. The Morgan fingerprint density at radius 2 is 1.72 bits per heavy atom. The highest BCUT2D eigenvalue weighted by atomic mass is 35.5. The molecule has 0 spiro atoms. The van der Waals surface area contributed by atoms with Gasteiger partial charge in [-0.3, -0.25) is 4.79 Å². The SMILES string of the molecule is CC(C)c1cc(-c2ccc(-c3cc(C(F)(F)F)c(C#N)c(=O)n3Cc3ccccc3Cl)s2)cc(S(C)(=O)=O)c1. The van der Waals surface area contributed by atoms with Crippen LogP contribution < -0.4 is 5.56 Å². The maximum Gasteiger partial charge on any atom is 0.417 e. The molecule has 2 heterocycles. The largest absolute Gasteiger partial charge is 0.417 e. The molecule has 11 heteroatoms. The van der Waals surface area contributed by atoms with E-state index in [9.17, 15) is 31.6 Å². The number of hydrogen-bond acceptors (Lipinski definition) is 5. The summed E-state index contributed by atoms with van der Waals surface area (Å²) in [6, 6.07) is 17.0. The Kier molecular flexibility index (Phi) is 7.81. The van der Waals surface area contributed by atoms with Gasteiger partial charge in [-0.25, -0.2) is 8.42 Å². The van der Waals surface area contributed by atoms with Crippen LogP contribution in [-0.2, 0) is 22.6 Å². The van der Waals surface area contributed by atoms with Crippen LogP contribution in [0.3, 0.4) is 0 Å². The number of hydrogen-bond donors (Lipinski definition) is 0. The van der Waals surface area contributed by atoms with E-state index in [2.05, 4.69) is 0 Å². The molecule has 0 atom stereocenters. The van der Waals surface area contributed by atoms with Gasteiger partial charge in [0, 0.05) is 16.2 Å². The van der Waals surface area contributed by atoms with Crippen molar-refractivity contribution < 1.29 is 21.6 Å². The van der Waals surface area contributed by atoms with Crippen LogP contribution >= 0.6 is 22.9 Å². The van der Waals surface area contributed by atoms with Gasteiger partial charge >= 0.3 is 6.18 Å². The van der Waals surface area contributed by atoms with E-state index >= 15 is 0 Å². The molecule has 0 radical (unpaired) electrons. The van der Waals surface area contributed by atoms with Crippen LogP contribution in [0.1, 0.15) is 42.0 Å². The summed E-state index contributed by atoms with van der Waals surface area (Å²) in [6.07, 6.45) is -3.82. The molecule has 5 nitrogen and oxygen atoms in total. The van der Waals surface area contributed by atoms with Gasteiger partial charge in [0.05, 0.1) is 27.6 Å². The lowest BCUT2D eigenvalue weighted by molar-refractivity contribution is -0.137. The smallest absolute Gasteiger partial charge is 0.302 e. The highest BCUT2D eigenvalue weighted by Gasteiger charge is 2.36. The normalized spacial score (nSPS) is 12.1. The highest BCUT2D eigenvalue weighted by molar-refractivity contribution is 7.90. The average Bonchev–Trinajstić information content (AvgIpc) is 3.35. The van der Waals surface area contributed by atoms with Crippen molar-refractivity contribution >= 4 is 32.8 Å². The van der Waals surface area contributed by atoms with Crippen molar-refractivity contribution in [1.82, 2.24) is 4.57 Å². The van der Waals surface area contributed by atoms with Crippen molar-refractivity contribution in [2.75, 3.05) is 6.26 Å². The molecule has 4 rings (SSSR count). The molecule has 202 valence electrons. The summed E-state index contributed by atoms with van der Waals surface area (Å²) in [5.74, 6) is 0.0264. The molecular weight excluding hydrogens is 569 g/mol. The Balaban J connectivity index is 1.96. The standard InChI is InChI=1S/C28H22ClF3N2O3S2/c1-16(2)18-10-19(12-20(11-18)39(3,36)37)25-8-9-26(38-25)24-13-22(28(30,31)32)21(14-33)27(35)34(24)15-17-6-4-5-7-23(17)29/h4-13,16H,15H2,1-3H3. The van der Waals surface area contributed by atoms with Gasteiger partial charge in [-0.1, -0.05) is 43.6 Å². The predicted molar refractivity (Wildman–Crippen MR) is 147 cm³/mol. The zero-order valence-corrected chi connectivity index (χ0v) is 23.4. The van der Waals surface area contributed by atoms with E-state index in [1.165, 1.54) is 12.1 Å². The first kappa shape index (κ1) is 28.6. The third-order valence-corrected chi connectivity index (χ3v) is 8.79. The van der Waals surface area contributed by atoms with Gasteiger partial charge in [-0.2, -0.15) is 18.4 Å². The second-order valence-corrected chi connectivity index (χ2v) is 12.8. The summed E-state index contributed by atoms with van der Waals surface area (Å²) in [6.45, 7) is 3.69. The van der Waals surface area contributed by atoms with Crippen molar-refractivity contribution in [1.29, 1.82) is 5.26 Å². The van der Waals surface area contributed by atoms with Gasteiger partial charge in [-0.05, 0) is 65.1 Å². The Morgan fingerprint density at radius 1 is 1.05 bits per heavy atom. The summed E-state index contributed by atoms with van der Waals surface area (Å²) < 4.78 is 67.5. The summed E-state index contributed by atoms with van der Waals surface area (Å²) in [5.41, 5.74) is -1.58. The van der Waals surface area contributed by atoms with Crippen LogP contribution in [0, 0.1) is 11.3 Å². The lowest BCUT2D eigenvalue weighted by atomic mass is 10.0. The van der Waals surface area contributed by atoms with Gasteiger partial charge in [0.15, 0.2) is 9.84 Å². The number of benzene rings is 2. The van der Waals surface area contributed by atoms with Crippen molar-refractivity contribution in [2.24, 2.45) is 0 Å². The number of nitrogens with zero attached hydrogens (tertiary/aromatic N) is 2. The Hall–Kier alpha value is -3.39. The summed E-state index contributed by atoms with van der Waals surface area (Å²) >= 11 is 7.38. The van der Waals surface area contributed by atoms with E-state index in [4.69, 9.17) is 11.6 Å². The molecule has 4 aromatic rings. The quantitative estimate of drug-likeness (QED) is 0.235. The third kappa shape index (κ3) is 5.96. The van der Waals surface area contributed by atoms with E-state index in [0.717, 1.165) is 33.8 Å². The monoisotopic (exact) mass is 590 g/mol. The van der Waals surface area contributed by atoms with Gasteiger partial charge < -0.3 is 4.57 Å². The van der Waals surface area contributed by atoms with E-state index in [-0.39, 0.29) is 23.1 Å². The van der Waals surface area contributed by atoms with Gasteiger partial charge in [0.25, 0.3) is 5.56 Å². The first-order valence-corrected chi connectivity index (χ1v) is 14.7. The number of thiophene rings is 1. The lowest BCUT2D eigenvalue weighted by Crippen LogP contribution is -2.28. The fraction of sp³-hybridized carbons (Fsp3) is 0.214. The number of rotatable bonds is 6. The van der Waals surface area contributed by atoms with Crippen LogP contribution in [0.25, 0.3) is 21.0 Å². The molecule has 0 unspecified atom stereocenters. The molecule has 0 saturated carbocycles. The van der Waals surface area contributed by atoms with Crippen molar-refractivity contribution in [3.05, 3.63) is 98.3 Å². The van der Waals surface area contributed by atoms with Crippen molar-refractivity contribution in [3.63, 3.8) is 0 Å². The predicted octanol–water partition coefficient (Wildman–Crippen LogP) is 7.36. The minimum absolute atomic E-state index is 0.0264. The molecular formula is C28H22ClF3N2O3S2. The fourth-order valence-electron chi connectivity index (χ4n) is 4.08. The first-order valence-electron chi connectivity index (χ1n) is 11.6. The van der Waals surface area contributed by atoms with Crippen LogP contribution in [0.15, 0.2) is 70.4 Å². The molecule has 0 bridgehead atoms. The van der Waals surface area contributed by atoms with Crippen molar-refractivity contribution in [3.8, 4) is 27.1 Å². The number of aromatic nitrogens is 1. The maximum absolute atomic E-state index is 13.9. The second-order valence-electron chi connectivity index (χ2n) is 9.29. The molecule has 0 N–H and O–H groups in total. The Labute approximate surface area is 232 Å². The van der Waals surface area contributed by atoms with Gasteiger partial charge in [-0.15, -0.1) is 11.3 Å². The van der Waals surface area contributed by atoms with Crippen LogP contribution in [0.2, 0.25) is 5.02 Å². The molecule has 0 fully saturated rings. The molecule has 2 aromatic heterocycles. The zero-order valence-electron chi connectivity index (χ0n) is 21.0. The summed E-state index contributed by atoms with van der Waals surface area (Å²) in [5, 5.41) is 9.77. The summed E-state index contributed by atoms with van der Waals surface area (Å²) in [4.78, 5) is 14.3. The first-order chi connectivity index (χ1) is 18.2. The average molecular weight is 591 g/mol. The van der Waals surface area contributed by atoms with Gasteiger partial charge in [0.1, 0.15) is 11.6 Å². The zero-order chi connectivity index (χ0) is 28.7. The van der Waals surface area contributed by atoms with E-state index in [1.54, 1.807) is 42.5 Å². The molecule has 39 heavy (non-hydrogen) atoms. The second kappa shape index (κ2) is 10.6. The van der Waals surface area contributed by atoms with Crippen LogP contribution in [-0.4, -0.2) is 19.2 Å². The highest BCUT2D eigenvalue weighted by Crippen LogP contribution is 2.39. The van der Waals surface area contributed by atoms with E-state index in [0.29, 0.717) is 25.9 Å². The molecule has 2 aromatic carbocycles. The fourth-order valence-corrected chi connectivity index (χ4v) is 5.98. The number of sulfone groups is 1. The van der Waals surface area contributed by atoms with Crippen molar-refractivity contribution in [2.45, 2.75) is 37.4 Å². The lowest BCUT2D eigenvalue weighted by Gasteiger charge is -2.17. The minimum atomic E-state index is -4.93. The summed E-state index contributed by atoms with van der Waals surface area (Å²) in [7, 11) is -3.52. The van der Waals surface area contributed by atoms with E-state index in [1.807, 2.05) is 19.9 Å². The number of nitriles is 1. The molecule has 0 aliphatic rings. The maximum atomic E-state index is 13.9. The van der Waals surface area contributed by atoms with Crippen LogP contribution in [0.4, 0.5) is 13.2 Å². The number of halogens is 4. The van der Waals surface area contributed by atoms with Crippen LogP contribution in [0.5, 0.6) is 0 Å². The topological polar surface area (TPSA) is 79.9 Å². The molecule has 0 aliphatic heterocycles. The molecule has 0 amide bonds. The Morgan fingerprint density at radius 3 is 2.31 bits per heavy atom. The van der Waals surface area contributed by atoms with Gasteiger partial charge in [0.2, 0.25) is 0 Å². The minimum Gasteiger partial charge on any atom is -0.302 e. The number of alkyl halides is 3. The molecule has 0 saturated heterocycles.